The summed E-state index contributed by atoms with van der Waals surface area (Å²) in [5.41, 5.74) is 3.26. The molecule has 2 heterocycles. The maximum absolute atomic E-state index is 12.5. The number of nitrogens with zero attached hydrogens (tertiary/aromatic N) is 2. The number of aromatic nitrogens is 2. The molecule has 5 nitrogen and oxygen atoms in total. The Hall–Kier alpha value is -1.30. The van der Waals surface area contributed by atoms with Crippen molar-refractivity contribution in [3.05, 3.63) is 34.2 Å². The van der Waals surface area contributed by atoms with Crippen LogP contribution in [0.1, 0.15) is 64.0 Å². The maximum atomic E-state index is 12.5. The molecule has 4 rings (SSSR count). The van der Waals surface area contributed by atoms with E-state index in [1.807, 2.05) is 10.6 Å². The molecule has 0 spiro atoms. The van der Waals surface area contributed by atoms with E-state index >= 15 is 0 Å². The molecular weight excluding hydrogens is 374 g/mol. The number of nitrogens with one attached hydrogen (secondary N) is 1. The lowest BCUT2D eigenvalue weighted by Gasteiger charge is -2.41. The summed E-state index contributed by atoms with van der Waals surface area (Å²) in [5, 5.41) is 0. The van der Waals surface area contributed by atoms with Gasteiger partial charge in [-0.25, -0.2) is 4.79 Å². The minimum Gasteiger partial charge on any atom is -0.376 e. The van der Waals surface area contributed by atoms with Crippen LogP contribution in [0.2, 0.25) is 0 Å². The van der Waals surface area contributed by atoms with Crippen molar-refractivity contribution in [2.24, 2.45) is 0 Å². The van der Waals surface area contributed by atoms with Crippen molar-refractivity contribution < 1.29 is 4.74 Å². The monoisotopic (exact) mass is 407 g/mol. The van der Waals surface area contributed by atoms with Gasteiger partial charge in [-0.15, -0.1) is 12.4 Å². The van der Waals surface area contributed by atoms with Gasteiger partial charge in [0, 0.05) is 25.2 Å². The molecular formula is C22H34ClN3O2. The van der Waals surface area contributed by atoms with Crippen LogP contribution in [-0.2, 0) is 4.74 Å². The Kier molecular flexibility index (Phi) is 6.89. The van der Waals surface area contributed by atoms with Crippen LogP contribution in [0.25, 0.3) is 11.0 Å². The van der Waals surface area contributed by atoms with E-state index in [-0.39, 0.29) is 18.1 Å². The molecule has 1 saturated carbocycles. The van der Waals surface area contributed by atoms with Crippen molar-refractivity contribution in [3.8, 4) is 0 Å². The van der Waals surface area contributed by atoms with Gasteiger partial charge in [0.05, 0.1) is 23.2 Å². The third-order valence-corrected chi connectivity index (χ3v) is 6.36. The zero-order chi connectivity index (χ0) is 19.0. The highest BCUT2D eigenvalue weighted by Crippen LogP contribution is 2.31. The fraction of sp³-hybridized carbons (Fsp3) is 0.682. The van der Waals surface area contributed by atoms with Crippen LogP contribution >= 0.6 is 12.4 Å². The lowest BCUT2D eigenvalue weighted by Crippen LogP contribution is -2.45. The Morgan fingerprint density at radius 3 is 2.36 bits per heavy atom. The number of aryl methyl sites for hydroxylation is 1. The number of aromatic amines is 1. The SMILES string of the molecule is Cc1ccc2[nH]c(=O)n(C3CCN([C@H]4CC[C@@H](OC(C)C)CC4)CC3)c2c1.Cl. The van der Waals surface area contributed by atoms with E-state index in [0.717, 1.165) is 37.0 Å². The molecule has 6 heteroatoms. The van der Waals surface area contributed by atoms with Crippen molar-refractivity contribution in [3.63, 3.8) is 0 Å². The van der Waals surface area contributed by atoms with Crippen molar-refractivity contribution in [1.82, 2.24) is 14.5 Å². The molecule has 2 aromatic rings. The van der Waals surface area contributed by atoms with Crippen LogP contribution in [0.3, 0.4) is 0 Å². The smallest absolute Gasteiger partial charge is 0.326 e. The van der Waals surface area contributed by atoms with Gasteiger partial charge in [0.15, 0.2) is 0 Å². The molecule has 0 amide bonds. The van der Waals surface area contributed by atoms with Crippen LogP contribution in [0.15, 0.2) is 23.0 Å². The van der Waals surface area contributed by atoms with Crippen LogP contribution in [0, 0.1) is 6.92 Å². The van der Waals surface area contributed by atoms with E-state index in [4.69, 9.17) is 4.74 Å². The highest BCUT2D eigenvalue weighted by molar-refractivity contribution is 5.85. The largest absolute Gasteiger partial charge is 0.376 e. The summed E-state index contributed by atoms with van der Waals surface area (Å²) in [4.78, 5) is 18.2. The van der Waals surface area contributed by atoms with Crippen molar-refractivity contribution in [1.29, 1.82) is 0 Å². The lowest BCUT2D eigenvalue weighted by molar-refractivity contribution is -0.0289. The molecule has 28 heavy (non-hydrogen) atoms. The van der Waals surface area contributed by atoms with Gasteiger partial charge in [-0.05, 0) is 77.0 Å². The standard InChI is InChI=1S/C22H33N3O2.ClH/c1-15(2)27-19-7-5-17(6-8-19)24-12-10-18(11-13-24)25-21-14-16(3)4-9-20(21)23-22(25)26;/h4,9,14-15,17-19H,5-8,10-13H2,1-3H3,(H,23,26);1H/t17-,19+;. The normalized spacial score (nSPS) is 24.6. The van der Waals surface area contributed by atoms with Gasteiger partial charge in [0.25, 0.3) is 0 Å². The summed E-state index contributed by atoms with van der Waals surface area (Å²) in [5.74, 6) is 0. The predicted molar refractivity (Wildman–Crippen MR) is 117 cm³/mol. The van der Waals surface area contributed by atoms with Gasteiger partial charge < -0.3 is 14.6 Å². The first-order valence-electron chi connectivity index (χ1n) is 10.6. The van der Waals surface area contributed by atoms with Crippen LogP contribution in [0.4, 0.5) is 0 Å². The Labute approximate surface area is 173 Å². The highest BCUT2D eigenvalue weighted by atomic mass is 35.5. The number of piperidine rings is 1. The summed E-state index contributed by atoms with van der Waals surface area (Å²) < 4.78 is 8.00. The molecule has 156 valence electrons. The molecule has 1 aromatic heterocycles. The second-order valence-electron chi connectivity index (χ2n) is 8.70. The molecule has 2 fully saturated rings. The zero-order valence-corrected chi connectivity index (χ0v) is 18.1. The quantitative estimate of drug-likeness (QED) is 0.815. The molecule has 0 atom stereocenters. The molecule has 1 aliphatic carbocycles. The highest BCUT2D eigenvalue weighted by Gasteiger charge is 2.30. The first kappa shape index (κ1) is 21.4. The minimum atomic E-state index is 0. The van der Waals surface area contributed by atoms with Crippen molar-refractivity contribution in [2.75, 3.05) is 13.1 Å². The first-order chi connectivity index (χ1) is 13.0. The van der Waals surface area contributed by atoms with E-state index < -0.39 is 0 Å². The first-order valence-corrected chi connectivity index (χ1v) is 10.6. The van der Waals surface area contributed by atoms with Gasteiger partial charge in [0.2, 0.25) is 0 Å². The molecule has 0 radical (unpaired) electrons. The summed E-state index contributed by atoms with van der Waals surface area (Å²) in [7, 11) is 0. The Bertz CT molecular complexity index is 828. The van der Waals surface area contributed by atoms with Crippen LogP contribution in [0.5, 0.6) is 0 Å². The molecule has 1 aliphatic heterocycles. The maximum Gasteiger partial charge on any atom is 0.326 e. The molecule has 2 aliphatic rings. The zero-order valence-electron chi connectivity index (χ0n) is 17.3. The molecule has 0 unspecified atom stereocenters. The summed E-state index contributed by atoms with van der Waals surface area (Å²) in [6.07, 6.45) is 7.76. The summed E-state index contributed by atoms with van der Waals surface area (Å²) >= 11 is 0. The summed E-state index contributed by atoms with van der Waals surface area (Å²) in [6, 6.07) is 7.22. The van der Waals surface area contributed by atoms with E-state index in [0.29, 0.717) is 24.3 Å². The van der Waals surface area contributed by atoms with Crippen molar-refractivity contribution in [2.45, 2.75) is 83.6 Å². The number of likely N-dealkylation sites (tertiary alicyclic amines) is 1. The van der Waals surface area contributed by atoms with Crippen molar-refractivity contribution >= 4 is 23.4 Å². The van der Waals surface area contributed by atoms with Gasteiger partial charge in [-0.3, -0.25) is 4.57 Å². The number of halogens is 1. The number of ether oxygens (including phenoxy) is 1. The minimum absolute atomic E-state index is 0. The topological polar surface area (TPSA) is 50.3 Å². The molecule has 1 saturated heterocycles. The van der Waals surface area contributed by atoms with Crippen LogP contribution in [-0.4, -0.2) is 45.8 Å². The number of rotatable bonds is 4. The van der Waals surface area contributed by atoms with E-state index in [1.54, 1.807) is 0 Å². The Balaban J connectivity index is 0.00000225. The second-order valence-corrected chi connectivity index (χ2v) is 8.70. The average Bonchev–Trinajstić information content (AvgIpc) is 2.97. The van der Waals surface area contributed by atoms with Crippen LogP contribution < -0.4 is 5.69 Å². The number of imidazole rings is 1. The second kappa shape index (κ2) is 9.02. The summed E-state index contributed by atoms with van der Waals surface area (Å²) in [6.45, 7) is 8.53. The van der Waals surface area contributed by atoms with Gasteiger partial charge in [0.1, 0.15) is 0 Å². The number of benzene rings is 1. The molecule has 1 N–H and O–H groups in total. The number of H-pyrrole nitrogens is 1. The molecule has 1 aromatic carbocycles. The number of hydrogen-bond acceptors (Lipinski definition) is 3. The van der Waals surface area contributed by atoms with E-state index in [2.05, 4.69) is 42.8 Å². The van der Waals surface area contributed by atoms with Gasteiger partial charge >= 0.3 is 5.69 Å². The predicted octanol–water partition coefficient (Wildman–Crippen LogP) is 4.43. The average molecular weight is 408 g/mol. The molecule has 0 bridgehead atoms. The fourth-order valence-electron chi connectivity index (χ4n) is 5.03. The fourth-order valence-corrected chi connectivity index (χ4v) is 5.03. The van der Waals surface area contributed by atoms with E-state index in [9.17, 15) is 4.79 Å². The Morgan fingerprint density at radius 2 is 1.71 bits per heavy atom. The Morgan fingerprint density at radius 1 is 1.04 bits per heavy atom. The third-order valence-electron chi connectivity index (χ3n) is 6.36. The van der Waals surface area contributed by atoms with E-state index in [1.165, 1.54) is 31.2 Å². The lowest BCUT2D eigenvalue weighted by atomic mass is 9.90. The number of hydrogen-bond donors (Lipinski definition) is 1. The number of fused-ring (bicyclic) bond motifs is 1. The third kappa shape index (κ3) is 4.47. The van der Waals surface area contributed by atoms with Gasteiger partial charge in [-0.1, -0.05) is 6.07 Å². The van der Waals surface area contributed by atoms with Gasteiger partial charge in [-0.2, -0.15) is 0 Å².